The zero-order valence-corrected chi connectivity index (χ0v) is 13.8. The summed E-state index contributed by atoms with van der Waals surface area (Å²) in [4.78, 5) is 4.28. The minimum atomic E-state index is -2.81. The smallest absolute Gasteiger partial charge is 0.314 e. The predicted octanol–water partition coefficient (Wildman–Crippen LogP) is 2.96. The maximum absolute atomic E-state index is 12.5. The Balaban J connectivity index is 1.49. The van der Waals surface area contributed by atoms with Gasteiger partial charge >= 0.3 is 6.43 Å². The normalized spacial score (nSPS) is 11.2. The number of halogens is 2. The summed E-state index contributed by atoms with van der Waals surface area (Å²) in [6.07, 6.45) is 0.463. The van der Waals surface area contributed by atoms with Gasteiger partial charge in [0.2, 0.25) is 5.89 Å². The van der Waals surface area contributed by atoms with E-state index in [2.05, 4.69) is 25.5 Å². The molecule has 136 valence electrons. The summed E-state index contributed by atoms with van der Waals surface area (Å²) >= 11 is 0. The lowest BCUT2D eigenvalue weighted by atomic mass is 10.1. The summed E-state index contributed by atoms with van der Waals surface area (Å²) < 4.78 is 31.6. The van der Waals surface area contributed by atoms with Gasteiger partial charge in [0.05, 0.1) is 24.0 Å². The van der Waals surface area contributed by atoms with Gasteiger partial charge in [-0.2, -0.15) is 8.78 Å². The molecule has 4 aromatic rings. The van der Waals surface area contributed by atoms with Gasteiger partial charge in [-0.1, -0.05) is 17.3 Å². The second kappa shape index (κ2) is 6.90. The second-order valence-corrected chi connectivity index (χ2v) is 5.71. The van der Waals surface area contributed by atoms with Crippen LogP contribution in [0.1, 0.15) is 18.0 Å². The molecule has 0 unspecified atom stereocenters. The van der Waals surface area contributed by atoms with Crippen molar-refractivity contribution in [3.8, 4) is 22.7 Å². The molecule has 0 saturated heterocycles. The summed E-state index contributed by atoms with van der Waals surface area (Å²) in [6.45, 7) is 0.391. The van der Waals surface area contributed by atoms with Crippen LogP contribution in [0.25, 0.3) is 22.7 Å². The second-order valence-electron chi connectivity index (χ2n) is 5.71. The minimum absolute atomic E-state index is 0.00550. The number of aromatic nitrogens is 6. The van der Waals surface area contributed by atoms with Gasteiger partial charge in [0.1, 0.15) is 5.69 Å². The van der Waals surface area contributed by atoms with Crippen LogP contribution in [0.3, 0.4) is 0 Å². The maximum Gasteiger partial charge on any atom is 0.314 e. The van der Waals surface area contributed by atoms with E-state index in [-0.39, 0.29) is 5.89 Å². The number of anilines is 1. The van der Waals surface area contributed by atoms with Crippen LogP contribution in [0.2, 0.25) is 0 Å². The van der Waals surface area contributed by atoms with Crippen molar-refractivity contribution >= 4 is 5.69 Å². The van der Waals surface area contributed by atoms with Crippen LogP contribution < -0.4 is 5.73 Å². The number of nitrogens with two attached hydrogens (primary N) is 1. The van der Waals surface area contributed by atoms with Crippen LogP contribution in [0.5, 0.6) is 0 Å². The SMILES string of the molecule is Nc1cccc(-c2cn(Cc3ccc(-c4nnc(C(F)F)o4)cn3)nn2)c1. The van der Waals surface area contributed by atoms with Gasteiger partial charge in [-0.3, -0.25) is 4.98 Å². The number of pyridine rings is 1. The molecule has 8 nitrogen and oxygen atoms in total. The number of alkyl halides is 2. The maximum atomic E-state index is 12.5. The number of nitrogens with zero attached hydrogens (tertiary/aromatic N) is 6. The molecule has 0 amide bonds. The molecular formula is C17H13F2N7O. The van der Waals surface area contributed by atoms with E-state index in [1.54, 1.807) is 29.1 Å². The minimum Gasteiger partial charge on any atom is -0.415 e. The van der Waals surface area contributed by atoms with E-state index in [4.69, 9.17) is 10.2 Å². The lowest BCUT2D eigenvalue weighted by molar-refractivity contribution is 0.116. The molecule has 2 N–H and O–H groups in total. The summed E-state index contributed by atoms with van der Waals surface area (Å²) in [5.41, 5.74) is 9.16. The predicted molar refractivity (Wildman–Crippen MR) is 91.5 cm³/mol. The fourth-order valence-corrected chi connectivity index (χ4v) is 2.46. The van der Waals surface area contributed by atoms with E-state index < -0.39 is 12.3 Å². The Hall–Kier alpha value is -3.69. The van der Waals surface area contributed by atoms with Crippen molar-refractivity contribution in [2.75, 3.05) is 5.73 Å². The first-order valence-corrected chi connectivity index (χ1v) is 7.91. The molecule has 0 aliphatic rings. The number of rotatable bonds is 5. The lowest BCUT2D eigenvalue weighted by Gasteiger charge is -2.01. The van der Waals surface area contributed by atoms with Gasteiger partial charge in [0.25, 0.3) is 5.89 Å². The van der Waals surface area contributed by atoms with E-state index in [0.717, 1.165) is 5.56 Å². The zero-order chi connectivity index (χ0) is 18.8. The summed E-state index contributed by atoms with van der Waals surface area (Å²) in [6, 6.07) is 10.8. The molecular weight excluding hydrogens is 356 g/mol. The van der Waals surface area contributed by atoms with Crippen molar-refractivity contribution in [3.05, 3.63) is 60.4 Å². The molecule has 0 aliphatic heterocycles. The largest absolute Gasteiger partial charge is 0.415 e. The summed E-state index contributed by atoms with van der Waals surface area (Å²) in [5.74, 6) is -0.722. The third-order valence-electron chi connectivity index (χ3n) is 3.74. The molecule has 0 spiro atoms. The number of benzene rings is 1. The van der Waals surface area contributed by atoms with Crippen LogP contribution in [-0.2, 0) is 6.54 Å². The highest BCUT2D eigenvalue weighted by atomic mass is 19.3. The monoisotopic (exact) mass is 369 g/mol. The molecule has 0 aliphatic carbocycles. The van der Waals surface area contributed by atoms with Crippen LogP contribution in [0.15, 0.2) is 53.2 Å². The van der Waals surface area contributed by atoms with Crippen molar-refractivity contribution in [2.45, 2.75) is 13.0 Å². The van der Waals surface area contributed by atoms with E-state index >= 15 is 0 Å². The molecule has 0 radical (unpaired) electrons. The Morgan fingerprint density at radius 1 is 1.07 bits per heavy atom. The Morgan fingerprint density at radius 2 is 1.96 bits per heavy atom. The first kappa shape index (κ1) is 16.8. The number of hydrogen-bond acceptors (Lipinski definition) is 7. The molecule has 0 bridgehead atoms. The molecule has 0 fully saturated rings. The van der Waals surface area contributed by atoms with Gasteiger partial charge in [-0.05, 0) is 24.3 Å². The summed E-state index contributed by atoms with van der Waals surface area (Å²) in [5, 5.41) is 15.1. The average molecular weight is 369 g/mol. The molecule has 3 heterocycles. The topological polar surface area (TPSA) is 109 Å². The van der Waals surface area contributed by atoms with E-state index in [1.807, 2.05) is 18.2 Å². The Kier molecular flexibility index (Phi) is 4.29. The highest BCUT2D eigenvalue weighted by Crippen LogP contribution is 2.23. The van der Waals surface area contributed by atoms with Crippen molar-refractivity contribution in [2.24, 2.45) is 0 Å². The molecule has 0 saturated carbocycles. The van der Waals surface area contributed by atoms with Crippen molar-refractivity contribution in [1.29, 1.82) is 0 Å². The van der Waals surface area contributed by atoms with Crippen LogP contribution >= 0.6 is 0 Å². The van der Waals surface area contributed by atoms with Crippen molar-refractivity contribution in [1.82, 2.24) is 30.2 Å². The third-order valence-corrected chi connectivity index (χ3v) is 3.74. The van der Waals surface area contributed by atoms with Gasteiger partial charge < -0.3 is 10.2 Å². The highest BCUT2D eigenvalue weighted by molar-refractivity contribution is 5.62. The molecule has 0 atom stereocenters. The van der Waals surface area contributed by atoms with Gasteiger partial charge in [-0.15, -0.1) is 15.3 Å². The van der Waals surface area contributed by atoms with Crippen LogP contribution in [0.4, 0.5) is 14.5 Å². The fourth-order valence-electron chi connectivity index (χ4n) is 2.46. The molecule has 27 heavy (non-hydrogen) atoms. The zero-order valence-electron chi connectivity index (χ0n) is 13.8. The summed E-state index contributed by atoms with van der Waals surface area (Å²) in [7, 11) is 0. The molecule has 10 heteroatoms. The Morgan fingerprint density at radius 3 is 2.67 bits per heavy atom. The third kappa shape index (κ3) is 3.64. The standard InChI is InChI=1S/C17H13F2N7O/c18-15(19)17-24-23-16(27-17)11-4-5-13(21-7-11)8-26-9-14(22-25-26)10-2-1-3-12(20)6-10/h1-7,9,15H,8,20H2. The quantitative estimate of drug-likeness (QED) is 0.539. The Labute approximate surface area is 151 Å². The van der Waals surface area contributed by atoms with E-state index in [9.17, 15) is 8.78 Å². The van der Waals surface area contributed by atoms with Crippen LogP contribution in [0, 0.1) is 0 Å². The average Bonchev–Trinajstić information content (AvgIpc) is 3.32. The van der Waals surface area contributed by atoms with Gasteiger partial charge in [-0.25, -0.2) is 4.68 Å². The van der Waals surface area contributed by atoms with Crippen LogP contribution in [-0.4, -0.2) is 30.2 Å². The van der Waals surface area contributed by atoms with Gasteiger partial charge in [0.15, 0.2) is 0 Å². The Bertz CT molecular complexity index is 1060. The van der Waals surface area contributed by atoms with E-state index in [0.29, 0.717) is 29.2 Å². The van der Waals surface area contributed by atoms with Gasteiger partial charge in [0, 0.05) is 17.4 Å². The molecule has 4 rings (SSSR count). The first-order chi connectivity index (χ1) is 13.1. The number of nitrogen functional groups attached to an aromatic ring is 1. The number of hydrogen-bond donors (Lipinski definition) is 1. The van der Waals surface area contributed by atoms with E-state index in [1.165, 1.54) is 6.20 Å². The molecule has 1 aromatic carbocycles. The fraction of sp³-hybridized carbons (Fsp3) is 0.118. The highest BCUT2D eigenvalue weighted by Gasteiger charge is 2.17. The molecule has 3 aromatic heterocycles. The van der Waals surface area contributed by atoms with Crippen molar-refractivity contribution < 1.29 is 13.2 Å². The van der Waals surface area contributed by atoms with Crippen molar-refractivity contribution in [3.63, 3.8) is 0 Å². The lowest BCUT2D eigenvalue weighted by Crippen LogP contribution is -2.02. The first-order valence-electron chi connectivity index (χ1n) is 7.91.